The smallest absolute Gasteiger partial charge is 0.0186 e. The first-order chi connectivity index (χ1) is 8.63. The minimum absolute atomic E-state index is 0.275. The predicted octanol–water partition coefficient (Wildman–Crippen LogP) is 3.19. The van der Waals surface area contributed by atoms with E-state index in [9.17, 15) is 0 Å². The van der Waals surface area contributed by atoms with Crippen LogP contribution in [0, 0.1) is 0 Å². The molecule has 0 bridgehead atoms. The van der Waals surface area contributed by atoms with Crippen molar-refractivity contribution in [1.29, 1.82) is 0 Å². The van der Waals surface area contributed by atoms with Crippen molar-refractivity contribution in [2.75, 3.05) is 13.6 Å². The van der Waals surface area contributed by atoms with Gasteiger partial charge in [0.25, 0.3) is 0 Å². The van der Waals surface area contributed by atoms with Crippen LogP contribution in [-0.2, 0) is 6.42 Å². The van der Waals surface area contributed by atoms with Gasteiger partial charge in [-0.15, -0.1) is 0 Å². The van der Waals surface area contributed by atoms with Crippen LogP contribution >= 0.6 is 0 Å². The molecule has 0 saturated heterocycles. The molecular weight excluding hydrogens is 220 g/mol. The van der Waals surface area contributed by atoms with E-state index in [-0.39, 0.29) is 6.04 Å². The molecule has 2 N–H and O–H groups in total. The second-order valence-corrected chi connectivity index (χ2v) is 4.91. The highest BCUT2D eigenvalue weighted by molar-refractivity contribution is 5.14. The minimum Gasteiger partial charge on any atom is -0.378 e. The van der Waals surface area contributed by atoms with Gasteiger partial charge in [-0.05, 0) is 31.2 Å². The Balaban J connectivity index is 2.22. The number of benzene rings is 1. The minimum atomic E-state index is 0.275. The van der Waals surface area contributed by atoms with Crippen LogP contribution in [0.25, 0.3) is 0 Å². The molecule has 2 heteroatoms. The lowest BCUT2D eigenvalue weighted by Crippen LogP contribution is -2.28. The fourth-order valence-electron chi connectivity index (χ4n) is 1.93. The van der Waals surface area contributed by atoms with Gasteiger partial charge in [-0.3, -0.25) is 0 Å². The maximum atomic E-state index is 6.16. The molecule has 0 aromatic heterocycles. The van der Waals surface area contributed by atoms with Crippen LogP contribution in [0.15, 0.2) is 42.6 Å². The Hall–Kier alpha value is -1.28. The molecule has 2 nitrogen and oxygen atoms in total. The Bertz CT molecular complexity index is 345. The number of hydrogen-bond donors (Lipinski definition) is 1. The van der Waals surface area contributed by atoms with Gasteiger partial charge in [0.1, 0.15) is 0 Å². The second kappa shape index (κ2) is 7.93. The van der Waals surface area contributed by atoms with Crippen molar-refractivity contribution in [3.05, 3.63) is 48.2 Å². The van der Waals surface area contributed by atoms with E-state index >= 15 is 0 Å². The molecule has 18 heavy (non-hydrogen) atoms. The molecule has 0 saturated carbocycles. The summed E-state index contributed by atoms with van der Waals surface area (Å²) in [5, 5.41) is 0. The van der Waals surface area contributed by atoms with E-state index < -0.39 is 0 Å². The first kappa shape index (κ1) is 14.8. The van der Waals surface area contributed by atoms with Crippen molar-refractivity contribution in [2.24, 2.45) is 5.73 Å². The van der Waals surface area contributed by atoms with Crippen LogP contribution in [0.3, 0.4) is 0 Å². The van der Waals surface area contributed by atoms with Crippen LogP contribution in [0.4, 0.5) is 0 Å². The summed E-state index contributed by atoms with van der Waals surface area (Å²) in [6.45, 7) is 7.17. The van der Waals surface area contributed by atoms with Crippen molar-refractivity contribution in [3.63, 3.8) is 0 Å². The van der Waals surface area contributed by atoms with Gasteiger partial charge < -0.3 is 10.6 Å². The van der Waals surface area contributed by atoms with Crippen LogP contribution < -0.4 is 5.73 Å². The molecule has 0 fully saturated rings. The van der Waals surface area contributed by atoms with E-state index in [4.69, 9.17) is 5.73 Å². The average Bonchev–Trinajstić information content (AvgIpc) is 2.42. The van der Waals surface area contributed by atoms with E-state index in [2.05, 4.69) is 55.8 Å². The molecule has 0 spiro atoms. The normalized spacial score (nSPS) is 12.2. The molecule has 0 heterocycles. The number of rotatable bonds is 8. The lowest BCUT2D eigenvalue weighted by Gasteiger charge is -2.22. The maximum Gasteiger partial charge on any atom is 0.0186 e. The van der Waals surface area contributed by atoms with Gasteiger partial charge >= 0.3 is 0 Å². The molecule has 0 radical (unpaired) electrons. The lowest BCUT2D eigenvalue weighted by atomic mass is 10.0. The third-order valence-electron chi connectivity index (χ3n) is 3.43. The molecule has 0 amide bonds. The van der Waals surface area contributed by atoms with Gasteiger partial charge in [-0.25, -0.2) is 0 Å². The van der Waals surface area contributed by atoms with Crippen LogP contribution in [0.1, 0.15) is 31.7 Å². The first-order valence-corrected chi connectivity index (χ1v) is 6.82. The second-order valence-electron chi connectivity index (χ2n) is 4.91. The summed E-state index contributed by atoms with van der Waals surface area (Å²) in [5.74, 6) is 0. The average molecular weight is 246 g/mol. The summed E-state index contributed by atoms with van der Waals surface area (Å²) in [6, 6.07) is 10.8. The molecule has 1 atom stereocenters. The van der Waals surface area contributed by atoms with E-state index in [0.29, 0.717) is 0 Å². The van der Waals surface area contributed by atoms with Crippen LogP contribution in [0.2, 0.25) is 0 Å². The van der Waals surface area contributed by atoms with E-state index in [1.165, 1.54) is 11.3 Å². The molecule has 1 aromatic rings. The zero-order valence-corrected chi connectivity index (χ0v) is 11.7. The number of nitrogens with zero attached hydrogens (tertiary/aromatic N) is 1. The maximum absolute atomic E-state index is 6.16. The fourth-order valence-corrected chi connectivity index (χ4v) is 1.93. The van der Waals surface area contributed by atoms with Crippen molar-refractivity contribution in [2.45, 2.75) is 38.6 Å². The lowest BCUT2D eigenvalue weighted by molar-refractivity contribution is 0.375. The highest BCUT2D eigenvalue weighted by Gasteiger charge is 2.06. The Labute approximate surface area is 111 Å². The number of aryl methyl sites for hydroxylation is 1. The Morgan fingerprint density at radius 2 is 1.94 bits per heavy atom. The van der Waals surface area contributed by atoms with Gasteiger partial charge in [0, 0.05) is 25.3 Å². The van der Waals surface area contributed by atoms with E-state index in [1.54, 1.807) is 0 Å². The van der Waals surface area contributed by atoms with Crippen molar-refractivity contribution < 1.29 is 0 Å². The molecule has 100 valence electrons. The molecule has 1 aromatic carbocycles. The van der Waals surface area contributed by atoms with Crippen molar-refractivity contribution in [3.8, 4) is 0 Å². The number of nitrogens with two attached hydrogens (primary N) is 1. The molecular formula is C16H26N2. The summed E-state index contributed by atoms with van der Waals surface area (Å²) in [5.41, 5.74) is 8.71. The van der Waals surface area contributed by atoms with Crippen LogP contribution in [-0.4, -0.2) is 24.5 Å². The number of allylic oxidation sites excluding steroid dienone is 1. The largest absolute Gasteiger partial charge is 0.378 e. The third-order valence-corrected chi connectivity index (χ3v) is 3.43. The zero-order chi connectivity index (χ0) is 13.4. The Morgan fingerprint density at radius 1 is 1.28 bits per heavy atom. The van der Waals surface area contributed by atoms with Crippen molar-refractivity contribution in [1.82, 2.24) is 4.90 Å². The zero-order valence-electron chi connectivity index (χ0n) is 11.7. The standard InChI is InChI=1S/C16H26N2/c1-4-14(2)18(3)13-12-16(17)11-10-15-8-6-5-7-9-15/h5-9,16H,2,4,10-13,17H2,1,3H3. The topological polar surface area (TPSA) is 29.3 Å². The van der Waals surface area contributed by atoms with Crippen molar-refractivity contribution >= 4 is 0 Å². The van der Waals surface area contributed by atoms with Gasteiger partial charge in [-0.2, -0.15) is 0 Å². The van der Waals surface area contributed by atoms with E-state index in [1.807, 2.05) is 0 Å². The summed E-state index contributed by atoms with van der Waals surface area (Å²) >= 11 is 0. The summed E-state index contributed by atoms with van der Waals surface area (Å²) < 4.78 is 0. The van der Waals surface area contributed by atoms with Gasteiger partial charge in [0.15, 0.2) is 0 Å². The van der Waals surface area contributed by atoms with Gasteiger partial charge in [0.05, 0.1) is 0 Å². The quantitative estimate of drug-likeness (QED) is 0.763. The highest BCUT2D eigenvalue weighted by Crippen LogP contribution is 2.08. The summed E-state index contributed by atoms with van der Waals surface area (Å²) in [6.07, 6.45) is 4.16. The summed E-state index contributed by atoms with van der Waals surface area (Å²) in [4.78, 5) is 2.21. The SMILES string of the molecule is C=C(CC)N(C)CCC(N)CCc1ccccc1. The molecule has 1 unspecified atom stereocenters. The van der Waals surface area contributed by atoms with Gasteiger partial charge in [-0.1, -0.05) is 43.8 Å². The predicted molar refractivity (Wildman–Crippen MR) is 79.4 cm³/mol. The summed E-state index contributed by atoms with van der Waals surface area (Å²) in [7, 11) is 2.09. The fraction of sp³-hybridized carbons (Fsp3) is 0.500. The highest BCUT2D eigenvalue weighted by atomic mass is 15.1. The van der Waals surface area contributed by atoms with E-state index in [0.717, 1.165) is 32.2 Å². The molecule has 0 aliphatic rings. The monoisotopic (exact) mass is 246 g/mol. The third kappa shape index (κ3) is 5.37. The molecule has 0 aliphatic heterocycles. The molecule has 0 aliphatic carbocycles. The van der Waals surface area contributed by atoms with Crippen LogP contribution in [0.5, 0.6) is 0 Å². The van der Waals surface area contributed by atoms with Gasteiger partial charge in [0.2, 0.25) is 0 Å². The first-order valence-electron chi connectivity index (χ1n) is 6.82. The number of hydrogen-bond acceptors (Lipinski definition) is 2. The Kier molecular flexibility index (Phi) is 6.51. The molecule has 1 rings (SSSR count). The Morgan fingerprint density at radius 3 is 2.56 bits per heavy atom.